The maximum Gasteiger partial charge on any atom is 0.322 e. The summed E-state index contributed by atoms with van der Waals surface area (Å²) in [6.45, 7) is 0.855. The van der Waals surface area contributed by atoms with Gasteiger partial charge in [-0.1, -0.05) is 18.2 Å². The molecule has 1 aliphatic rings. The Morgan fingerprint density at radius 1 is 1.12 bits per heavy atom. The summed E-state index contributed by atoms with van der Waals surface area (Å²) in [5, 5.41) is 12.0. The predicted molar refractivity (Wildman–Crippen MR) is 123 cm³/mol. The van der Waals surface area contributed by atoms with Crippen LogP contribution < -0.4 is 21.3 Å². The molecule has 2 unspecified atom stereocenters. The zero-order valence-corrected chi connectivity index (χ0v) is 18.1. The normalized spacial score (nSPS) is 16.6. The Hall–Kier alpha value is -3.65. The smallest absolute Gasteiger partial charge is 0.322 e. The molecule has 2 atom stereocenters. The molecular formula is C24H27N5O3. The van der Waals surface area contributed by atoms with Crippen molar-refractivity contribution in [1.82, 2.24) is 26.3 Å². The average molecular weight is 434 g/mol. The highest BCUT2D eigenvalue weighted by molar-refractivity contribution is 6.04. The summed E-state index contributed by atoms with van der Waals surface area (Å²) in [7, 11) is 3.51. The molecule has 1 aliphatic heterocycles. The standard InChI is InChI=1S/C24H27N5O3/c1-25-9-8-17-13-27-20-7-6-15(12-18(17)20)19(21-23(31)29-24(32)28-21)11-14-4-3-5-16(10-14)22(30)26-2/h3-7,10,12-13,19,21,25,27H,8-9,11H2,1-2H3,(H,26,30)(H2,28,29,31,32). The van der Waals surface area contributed by atoms with E-state index in [-0.39, 0.29) is 17.7 Å². The van der Waals surface area contributed by atoms with Crippen molar-refractivity contribution in [2.24, 2.45) is 0 Å². The molecule has 1 aromatic heterocycles. The Balaban J connectivity index is 1.72. The van der Waals surface area contributed by atoms with E-state index in [4.69, 9.17) is 0 Å². The Morgan fingerprint density at radius 2 is 1.97 bits per heavy atom. The lowest BCUT2D eigenvalue weighted by atomic mass is 9.84. The van der Waals surface area contributed by atoms with E-state index in [0.29, 0.717) is 12.0 Å². The molecule has 0 bridgehead atoms. The molecule has 1 fully saturated rings. The maximum atomic E-state index is 12.6. The number of rotatable bonds is 8. The SMILES string of the molecule is CNCCc1c[nH]c2ccc(C(Cc3cccc(C(=O)NC)c3)C3NC(=O)NC3=O)cc12. The summed E-state index contributed by atoms with van der Waals surface area (Å²) in [5.41, 5.74) is 4.64. The minimum Gasteiger partial charge on any atom is -0.361 e. The monoisotopic (exact) mass is 433 g/mol. The molecule has 8 nitrogen and oxygen atoms in total. The second-order valence-corrected chi connectivity index (χ2v) is 8.00. The number of benzene rings is 2. The number of likely N-dealkylation sites (N-methyl/N-ethyl adjacent to an activating group) is 1. The highest BCUT2D eigenvalue weighted by Gasteiger charge is 2.37. The van der Waals surface area contributed by atoms with Gasteiger partial charge in [0.2, 0.25) is 0 Å². The van der Waals surface area contributed by atoms with Crippen LogP contribution in [0.25, 0.3) is 10.9 Å². The van der Waals surface area contributed by atoms with Crippen LogP contribution >= 0.6 is 0 Å². The van der Waals surface area contributed by atoms with Crippen molar-refractivity contribution >= 4 is 28.7 Å². The van der Waals surface area contributed by atoms with Crippen LogP contribution in [0.5, 0.6) is 0 Å². The second kappa shape index (κ2) is 9.23. The zero-order chi connectivity index (χ0) is 22.7. The van der Waals surface area contributed by atoms with Gasteiger partial charge in [0.25, 0.3) is 11.8 Å². The summed E-state index contributed by atoms with van der Waals surface area (Å²) < 4.78 is 0. The number of fused-ring (bicyclic) bond motifs is 1. The number of hydrogen-bond acceptors (Lipinski definition) is 4. The number of amides is 4. The average Bonchev–Trinajstić information content (AvgIpc) is 3.36. The van der Waals surface area contributed by atoms with Gasteiger partial charge in [-0.25, -0.2) is 4.79 Å². The van der Waals surface area contributed by atoms with Crippen molar-refractivity contribution in [3.8, 4) is 0 Å². The molecule has 2 aromatic carbocycles. The van der Waals surface area contributed by atoms with Gasteiger partial charge in [0.15, 0.2) is 0 Å². The van der Waals surface area contributed by atoms with Crippen molar-refractivity contribution in [2.75, 3.05) is 20.6 Å². The minimum atomic E-state index is -0.691. The Bertz CT molecular complexity index is 1170. The Kier molecular flexibility index (Phi) is 6.23. The largest absolute Gasteiger partial charge is 0.361 e. The molecular weight excluding hydrogens is 406 g/mol. The number of aromatic nitrogens is 1. The van der Waals surface area contributed by atoms with E-state index in [1.165, 1.54) is 5.56 Å². The summed E-state index contributed by atoms with van der Waals surface area (Å²) in [5.74, 6) is -0.803. The van der Waals surface area contributed by atoms with Crippen LogP contribution in [-0.2, 0) is 17.6 Å². The van der Waals surface area contributed by atoms with Gasteiger partial charge in [-0.05, 0) is 67.4 Å². The van der Waals surface area contributed by atoms with Crippen molar-refractivity contribution in [1.29, 1.82) is 0 Å². The van der Waals surface area contributed by atoms with E-state index < -0.39 is 12.1 Å². The van der Waals surface area contributed by atoms with Crippen LogP contribution in [0.1, 0.15) is 33.0 Å². The van der Waals surface area contributed by atoms with Crippen molar-refractivity contribution in [2.45, 2.75) is 24.8 Å². The lowest BCUT2D eigenvalue weighted by Gasteiger charge is -2.23. The highest BCUT2D eigenvalue weighted by Crippen LogP contribution is 2.30. The van der Waals surface area contributed by atoms with Gasteiger partial charge in [-0.3, -0.25) is 14.9 Å². The molecule has 0 saturated carbocycles. The summed E-state index contributed by atoms with van der Waals surface area (Å²) >= 11 is 0. The molecule has 32 heavy (non-hydrogen) atoms. The third-order valence-corrected chi connectivity index (χ3v) is 5.94. The number of carbonyl (C=O) groups is 3. The van der Waals surface area contributed by atoms with Gasteiger partial charge in [0.05, 0.1) is 0 Å². The molecule has 1 saturated heterocycles. The molecule has 0 radical (unpaired) electrons. The third kappa shape index (κ3) is 4.36. The fraction of sp³-hybridized carbons (Fsp3) is 0.292. The van der Waals surface area contributed by atoms with Gasteiger partial charge in [-0.2, -0.15) is 0 Å². The van der Waals surface area contributed by atoms with Gasteiger partial charge in [0, 0.05) is 35.6 Å². The third-order valence-electron chi connectivity index (χ3n) is 5.94. The molecule has 4 rings (SSSR count). The first kappa shape index (κ1) is 21.6. The lowest BCUT2D eigenvalue weighted by Crippen LogP contribution is -2.36. The van der Waals surface area contributed by atoms with Gasteiger partial charge >= 0.3 is 6.03 Å². The van der Waals surface area contributed by atoms with E-state index in [2.05, 4.69) is 32.3 Å². The first-order chi connectivity index (χ1) is 15.5. The number of urea groups is 1. The number of hydrogen-bond donors (Lipinski definition) is 5. The first-order valence-corrected chi connectivity index (χ1v) is 10.7. The molecule has 0 spiro atoms. The van der Waals surface area contributed by atoms with Crippen LogP contribution in [0.2, 0.25) is 0 Å². The lowest BCUT2D eigenvalue weighted by molar-refractivity contribution is -0.120. The molecule has 166 valence electrons. The number of imide groups is 1. The molecule has 2 heterocycles. The molecule has 0 aliphatic carbocycles. The molecule has 4 amide bonds. The number of nitrogens with one attached hydrogen (secondary N) is 5. The van der Waals surface area contributed by atoms with Crippen LogP contribution in [-0.4, -0.2) is 49.5 Å². The van der Waals surface area contributed by atoms with E-state index in [9.17, 15) is 14.4 Å². The van der Waals surface area contributed by atoms with Crippen LogP contribution in [0.3, 0.4) is 0 Å². The van der Waals surface area contributed by atoms with Gasteiger partial charge < -0.3 is 20.9 Å². The maximum absolute atomic E-state index is 12.6. The number of H-pyrrole nitrogens is 1. The summed E-state index contributed by atoms with van der Waals surface area (Å²) in [6.07, 6.45) is 3.38. The minimum absolute atomic E-state index is 0.168. The fourth-order valence-corrected chi connectivity index (χ4v) is 4.27. The van der Waals surface area contributed by atoms with E-state index >= 15 is 0 Å². The molecule has 3 aromatic rings. The number of carbonyl (C=O) groups excluding carboxylic acids is 3. The predicted octanol–water partition coefficient (Wildman–Crippen LogP) is 1.82. The van der Waals surface area contributed by atoms with Crippen molar-refractivity contribution in [3.05, 3.63) is 70.9 Å². The van der Waals surface area contributed by atoms with Crippen LogP contribution in [0.15, 0.2) is 48.7 Å². The second-order valence-electron chi connectivity index (χ2n) is 8.00. The van der Waals surface area contributed by atoms with E-state index in [1.54, 1.807) is 13.1 Å². The van der Waals surface area contributed by atoms with E-state index in [1.807, 2.05) is 43.6 Å². The summed E-state index contributed by atoms with van der Waals surface area (Å²) in [6, 6.07) is 12.3. The first-order valence-electron chi connectivity index (χ1n) is 10.7. The topological polar surface area (TPSA) is 115 Å². The van der Waals surface area contributed by atoms with Gasteiger partial charge in [0.1, 0.15) is 6.04 Å². The van der Waals surface area contributed by atoms with Crippen LogP contribution in [0.4, 0.5) is 4.79 Å². The van der Waals surface area contributed by atoms with Gasteiger partial charge in [-0.15, -0.1) is 0 Å². The van der Waals surface area contributed by atoms with Crippen molar-refractivity contribution in [3.63, 3.8) is 0 Å². The number of aromatic amines is 1. The highest BCUT2D eigenvalue weighted by atomic mass is 16.2. The molecule has 5 N–H and O–H groups in total. The molecule has 8 heteroatoms. The summed E-state index contributed by atoms with van der Waals surface area (Å²) in [4.78, 5) is 39.8. The zero-order valence-electron chi connectivity index (χ0n) is 18.1. The Morgan fingerprint density at radius 3 is 2.69 bits per heavy atom. The quantitative estimate of drug-likeness (QED) is 0.349. The van der Waals surface area contributed by atoms with E-state index in [0.717, 1.165) is 35.0 Å². The van der Waals surface area contributed by atoms with Crippen molar-refractivity contribution < 1.29 is 14.4 Å². The van der Waals surface area contributed by atoms with Crippen LogP contribution in [0, 0.1) is 0 Å². The fourth-order valence-electron chi connectivity index (χ4n) is 4.27. The Labute approximate surface area is 186 Å².